The summed E-state index contributed by atoms with van der Waals surface area (Å²) in [6.07, 6.45) is 1.22. The number of carbonyl (C=O) groups is 2. The molecule has 2 aliphatic rings. The number of hydrogen-bond donors (Lipinski definition) is 0. The molecule has 5 nitrogen and oxygen atoms in total. The van der Waals surface area contributed by atoms with Crippen LogP contribution >= 0.6 is 0 Å². The van der Waals surface area contributed by atoms with Crippen LogP contribution in [0, 0.1) is 5.92 Å². The molecule has 0 aromatic rings. The Kier molecular flexibility index (Phi) is 2.65. The van der Waals surface area contributed by atoms with Crippen LogP contribution in [-0.2, 0) is 23.8 Å². The fraction of sp³-hybridized carbons (Fsp3) is 0.800. The van der Waals surface area contributed by atoms with Gasteiger partial charge in [0.15, 0.2) is 0 Å². The molecule has 0 atom stereocenters. The molecule has 2 fully saturated rings. The van der Waals surface area contributed by atoms with Crippen LogP contribution in [0.2, 0.25) is 0 Å². The highest BCUT2D eigenvalue weighted by Crippen LogP contribution is 2.34. The van der Waals surface area contributed by atoms with Crippen LogP contribution < -0.4 is 0 Å². The molecule has 0 spiro atoms. The molecule has 0 amide bonds. The smallest absolute Gasteiger partial charge is 0.320 e. The molecule has 0 unspecified atom stereocenters. The molecule has 15 heavy (non-hydrogen) atoms. The number of hydrogen-bond acceptors (Lipinski definition) is 5. The van der Waals surface area contributed by atoms with Gasteiger partial charge in [-0.2, -0.15) is 0 Å². The first-order chi connectivity index (χ1) is 7.10. The van der Waals surface area contributed by atoms with Crippen molar-refractivity contribution >= 4 is 11.9 Å². The van der Waals surface area contributed by atoms with Crippen molar-refractivity contribution in [3.63, 3.8) is 0 Å². The van der Waals surface area contributed by atoms with Gasteiger partial charge in [0.05, 0.1) is 0 Å². The van der Waals surface area contributed by atoms with Crippen molar-refractivity contribution in [1.82, 2.24) is 0 Å². The van der Waals surface area contributed by atoms with Gasteiger partial charge in [0.2, 0.25) is 0 Å². The summed E-state index contributed by atoms with van der Waals surface area (Å²) in [4.78, 5) is 22.4. The lowest BCUT2D eigenvalue weighted by molar-refractivity contribution is -0.261. The molecule has 0 aliphatic carbocycles. The Hall–Kier alpha value is -1.10. The van der Waals surface area contributed by atoms with Gasteiger partial charge in [-0.25, -0.2) is 0 Å². The zero-order chi connectivity index (χ0) is 10.9. The summed E-state index contributed by atoms with van der Waals surface area (Å²) in [6, 6.07) is 0. The van der Waals surface area contributed by atoms with Crippen LogP contribution in [0.3, 0.4) is 0 Å². The monoisotopic (exact) mass is 214 g/mol. The van der Waals surface area contributed by atoms with E-state index in [-0.39, 0.29) is 12.3 Å². The van der Waals surface area contributed by atoms with Gasteiger partial charge in [-0.1, -0.05) is 0 Å². The summed E-state index contributed by atoms with van der Waals surface area (Å²) in [5.74, 6) is -2.05. The lowest BCUT2D eigenvalue weighted by atomic mass is 9.91. The van der Waals surface area contributed by atoms with E-state index in [4.69, 9.17) is 14.2 Å². The van der Waals surface area contributed by atoms with E-state index in [1.54, 1.807) is 6.92 Å². The van der Waals surface area contributed by atoms with Crippen molar-refractivity contribution in [2.24, 2.45) is 5.92 Å². The number of ether oxygens (including phenoxy) is 3. The fourth-order valence-electron chi connectivity index (χ4n) is 2.05. The molecule has 2 rings (SSSR count). The quantitative estimate of drug-likeness (QED) is 0.473. The van der Waals surface area contributed by atoms with Gasteiger partial charge in [-0.05, 0) is 12.8 Å². The summed E-state index contributed by atoms with van der Waals surface area (Å²) in [7, 11) is 0. The van der Waals surface area contributed by atoms with Gasteiger partial charge in [-0.3, -0.25) is 9.59 Å². The van der Waals surface area contributed by atoms with Crippen molar-refractivity contribution < 1.29 is 23.8 Å². The van der Waals surface area contributed by atoms with Gasteiger partial charge in [0.25, 0.3) is 5.79 Å². The summed E-state index contributed by atoms with van der Waals surface area (Å²) in [6.45, 7) is 2.89. The Bertz CT molecular complexity index is 264. The van der Waals surface area contributed by atoms with Crippen LogP contribution in [0.25, 0.3) is 0 Å². The van der Waals surface area contributed by atoms with E-state index in [1.165, 1.54) is 0 Å². The number of rotatable bonds is 1. The van der Waals surface area contributed by atoms with Gasteiger partial charge >= 0.3 is 11.9 Å². The normalized spacial score (nSPS) is 27.0. The van der Waals surface area contributed by atoms with Gasteiger partial charge < -0.3 is 14.2 Å². The molecule has 0 aromatic carbocycles. The molecule has 0 radical (unpaired) electrons. The maximum atomic E-state index is 11.2. The standard InChI is InChI=1S/C10H14O5/c1-10(7-2-4-13-5-3-7)14-8(11)6-9(12)15-10/h7H,2-6H2,1H3. The average Bonchev–Trinajstić information content (AvgIpc) is 2.17. The second-order valence-corrected chi connectivity index (χ2v) is 4.03. The Morgan fingerprint density at radius 3 is 2.20 bits per heavy atom. The summed E-state index contributed by atoms with van der Waals surface area (Å²) < 4.78 is 15.5. The van der Waals surface area contributed by atoms with E-state index in [2.05, 4.69) is 0 Å². The predicted molar refractivity (Wildman–Crippen MR) is 48.7 cm³/mol. The molecule has 84 valence electrons. The van der Waals surface area contributed by atoms with Crippen LogP contribution in [0.4, 0.5) is 0 Å². The first kappa shape index (κ1) is 10.4. The van der Waals surface area contributed by atoms with E-state index in [1.807, 2.05) is 0 Å². The van der Waals surface area contributed by atoms with Crippen molar-refractivity contribution in [1.29, 1.82) is 0 Å². The first-order valence-corrected chi connectivity index (χ1v) is 5.11. The molecular formula is C10H14O5. The number of cyclic esters (lactones) is 2. The molecule has 2 heterocycles. The van der Waals surface area contributed by atoms with E-state index in [9.17, 15) is 9.59 Å². The van der Waals surface area contributed by atoms with Gasteiger partial charge in [-0.15, -0.1) is 0 Å². The molecule has 0 saturated carbocycles. The molecule has 0 bridgehead atoms. The van der Waals surface area contributed by atoms with Crippen LogP contribution in [0.5, 0.6) is 0 Å². The third kappa shape index (κ3) is 2.12. The average molecular weight is 214 g/mol. The minimum Gasteiger partial charge on any atom is -0.422 e. The largest absolute Gasteiger partial charge is 0.422 e. The van der Waals surface area contributed by atoms with Gasteiger partial charge in [0, 0.05) is 26.1 Å². The van der Waals surface area contributed by atoms with Crippen molar-refractivity contribution in [3.05, 3.63) is 0 Å². The van der Waals surface area contributed by atoms with Gasteiger partial charge in [0.1, 0.15) is 6.42 Å². The molecule has 2 saturated heterocycles. The fourth-order valence-corrected chi connectivity index (χ4v) is 2.05. The van der Waals surface area contributed by atoms with Crippen LogP contribution in [-0.4, -0.2) is 30.9 Å². The highest BCUT2D eigenvalue weighted by molar-refractivity contribution is 5.93. The topological polar surface area (TPSA) is 61.8 Å². The molecular weight excluding hydrogens is 200 g/mol. The van der Waals surface area contributed by atoms with Crippen LogP contribution in [0.1, 0.15) is 26.2 Å². The van der Waals surface area contributed by atoms with E-state index in [0.717, 1.165) is 12.8 Å². The summed E-state index contributed by atoms with van der Waals surface area (Å²) in [5.41, 5.74) is 0. The molecule has 0 N–H and O–H groups in total. The summed E-state index contributed by atoms with van der Waals surface area (Å²) >= 11 is 0. The van der Waals surface area contributed by atoms with Crippen LogP contribution in [0.15, 0.2) is 0 Å². The first-order valence-electron chi connectivity index (χ1n) is 5.11. The Morgan fingerprint density at radius 2 is 1.67 bits per heavy atom. The molecule has 5 heteroatoms. The maximum Gasteiger partial charge on any atom is 0.320 e. The lowest BCUT2D eigenvalue weighted by Crippen LogP contribution is -2.49. The number of esters is 2. The Labute approximate surface area is 87.7 Å². The third-order valence-electron chi connectivity index (χ3n) is 2.88. The van der Waals surface area contributed by atoms with E-state index >= 15 is 0 Å². The maximum absolute atomic E-state index is 11.2. The minimum atomic E-state index is -1.09. The van der Waals surface area contributed by atoms with Crippen molar-refractivity contribution in [2.45, 2.75) is 32.0 Å². The Morgan fingerprint density at radius 1 is 1.13 bits per heavy atom. The molecule has 2 aliphatic heterocycles. The predicted octanol–water partition coefficient (Wildman–Crippen LogP) is 0.619. The lowest BCUT2D eigenvalue weighted by Gasteiger charge is -2.40. The highest BCUT2D eigenvalue weighted by atomic mass is 16.7. The zero-order valence-corrected chi connectivity index (χ0v) is 8.65. The zero-order valence-electron chi connectivity index (χ0n) is 8.65. The second-order valence-electron chi connectivity index (χ2n) is 4.03. The number of carbonyl (C=O) groups excluding carboxylic acids is 2. The third-order valence-corrected chi connectivity index (χ3v) is 2.88. The SMILES string of the molecule is CC1(C2CCOCC2)OC(=O)CC(=O)O1. The van der Waals surface area contributed by atoms with Crippen molar-refractivity contribution in [2.75, 3.05) is 13.2 Å². The van der Waals surface area contributed by atoms with E-state index in [0.29, 0.717) is 13.2 Å². The minimum absolute atomic E-state index is 0.0412. The molecule has 0 aromatic heterocycles. The second kappa shape index (κ2) is 3.81. The Balaban J connectivity index is 2.09. The highest BCUT2D eigenvalue weighted by Gasteiger charge is 2.46. The summed E-state index contributed by atoms with van der Waals surface area (Å²) in [5, 5.41) is 0. The van der Waals surface area contributed by atoms with E-state index < -0.39 is 17.7 Å². The van der Waals surface area contributed by atoms with Crippen molar-refractivity contribution in [3.8, 4) is 0 Å².